The summed E-state index contributed by atoms with van der Waals surface area (Å²) in [4.78, 5) is 12.2. The van der Waals surface area contributed by atoms with E-state index in [2.05, 4.69) is 61.4 Å². The van der Waals surface area contributed by atoms with E-state index in [1.165, 1.54) is 28.5 Å². The van der Waals surface area contributed by atoms with Gasteiger partial charge in [0.2, 0.25) is 5.91 Å². The van der Waals surface area contributed by atoms with Crippen molar-refractivity contribution < 1.29 is 4.79 Å². The lowest BCUT2D eigenvalue weighted by Crippen LogP contribution is -2.14. The number of nitrogens with zero attached hydrogens (tertiary/aromatic N) is 2. The van der Waals surface area contributed by atoms with Crippen molar-refractivity contribution in [1.29, 1.82) is 0 Å². The minimum absolute atomic E-state index is 0.0532. The molecule has 0 radical (unpaired) electrons. The Labute approximate surface area is 170 Å². The van der Waals surface area contributed by atoms with E-state index in [-0.39, 0.29) is 5.91 Å². The quantitative estimate of drug-likeness (QED) is 0.555. The largest absolute Gasteiger partial charge is 0.325 e. The van der Waals surface area contributed by atoms with Crippen LogP contribution in [-0.4, -0.2) is 21.9 Å². The Morgan fingerprint density at radius 2 is 1.75 bits per heavy atom. The summed E-state index contributed by atoms with van der Waals surface area (Å²) in [5.41, 5.74) is 6.40. The Kier molecular flexibility index (Phi) is 6.47. The average Bonchev–Trinajstić information content (AvgIpc) is 2.67. The summed E-state index contributed by atoms with van der Waals surface area (Å²) >= 11 is 1.38. The Morgan fingerprint density at radius 1 is 1.00 bits per heavy atom. The number of carbonyl (C=O) groups excluding carboxylic acids is 1. The van der Waals surface area contributed by atoms with E-state index in [1.54, 1.807) is 0 Å². The first-order valence-electron chi connectivity index (χ1n) is 9.36. The summed E-state index contributed by atoms with van der Waals surface area (Å²) in [5.74, 6) is 0.719. The van der Waals surface area contributed by atoms with Gasteiger partial charge in [0, 0.05) is 11.3 Å². The smallest absolute Gasteiger partial charge is 0.234 e. The van der Waals surface area contributed by atoms with Gasteiger partial charge < -0.3 is 5.32 Å². The highest BCUT2D eigenvalue weighted by molar-refractivity contribution is 7.99. The maximum atomic E-state index is 12.2. The molecule has 28 heavy (non-hydrogen) atoms. The fraction of sp³-hybridized carbons (Fsp3) is 0.261. The van der Waals surface area contributed by atoms with Crippen LogP contribution in [0.1, 0.15) is 36.5 Å². The molecular formula is C23H25N3OS. The molecule has 0 bridgehead atoms. The highest BCUT2D eigenvalue weighted by atomic mass is 32.2. The van der Waals surface area contributed by atoms with Gasteiger partial charge in [-0.2, -0.15) is 0 Å². The minimum atomic E-state index is -0.0532. The summed E-state index contributed by atoms with van der Waals surface area (Å²) in [6.45, 7) is 8.45. The first-order chi connectivity index (χ1) is 13.4. The number of benzene rings is 2. The van der Waals surface area contributed by atoms with Crippen LogP contribution in [0.2, 0.25) is 0 Å². The zero-order valence-corrected chi connectivity index (χ0v) is 17.5. The molecule has 0 fully saturated rings. The van der Waals surface area contributed by atoms with Gasteiger partial charge >= 0.3 is 0 Å². The molecule has 4 nitrogen and oxygen atoms in total. The number of rotatable bonds is 6. The van der Waals surface area contributed by atoms with E-state index >= 15 is 0 Å². The molecule has 0 aliphatic heterocycles. The molecule has 1 N–H and O–H groups in total. The lowest BCUT2D eigenvalue weighted by Gasteiger charge is -2.08. The standard InChI is InChI=1S/C23H25N3OS/c1-15(2)18-6-8-19(9-7-18)24-22(27)14-28-23-12-11-21(25-26-23)20-10-5-16(3)13-17(20)4/h5-13,15H,14H2,1-4H3,(H,24,27). The molecule has 1 amide bonds. The number of carbonyl (C=O) groups is 1. The van der Waals surface area contributed by atoms with Crippen LogP contribution >= 0.6 is 11.8 Å². The molecule has 144 valence electrons. The zero-order valence-electron chi connectivity index (χ0n) is 16.7. The second kappa shape index (κ2) is 9.02. The van der Waals surface area contributed by atoms with Gasteiger partial charge in [-0.15, -0.1) is 10.2 Å². The van der Waals surface area contributed by atoms with Crippen LogP contribution in [0.5, 0.6) is 0 Å². The number of aromatic nitrogens is 2. The lowest BCUT2D eigenvalue weighted by molar-refractivity contribution is -0.113. The molecule has 0 atom stereocenters. The van der Waals surface area contributed by atoms with Gasteiger partial charge in [-0.1, -0.05) is 61.5 Å². The number of amides is 1. The Balaban J connectivity index is 1.56. The van der Waals surface area contributed by atoms with Crippen LogP contribution < -0.4 is 5.32 Å². The van der Waals surface area contributed by atoms with Crippen LogP contribution in [0.25, 0.3) is 11.3 Å². The number of anilines is 1. The zero-order chi connectivity index (χ0) is 20.1. The normalized spacial score (nSPS) is 10.9. The summed E-state index contributed by atoms with van der Waals surface area (Å²) in [6, 6.07) is 18.1. The van der Waals surface area contributed by atoms with Gasteiger partial charge in [0.15, 0.2) is 0 Å². The van der Waals surface area contributed by atoms with Crippen molar-refractivity contribution in [3.63, 3.8) is 0 Å². The van der Waals surface area contributed by atoms with Crippen LogP contribution in [-0.2, 0) is 4.79 Å². The van der Waals surface area contributed by atoms with Crippen molar-refractivity contribution in [1.82, 2.24) is 10.2 Å². The second-order valence-electron chi connectivity index (χ2n) is 7.19. The van der Waals surface area contributed by atoms with Crippen molar-refractivity contribution in [3.8, 4) is 11.3 Å². The molecule has 3 aromatic rings. The van der Waals surface area contributed by atoms with E-state index in [0.717, 1.165) is 22.0 Å². The average molecular weight is 392 g/mol. The summed E-state index contributed by atoms with van der Waals surface area (Å²) in [6.07, 6.45) is 0. The third-order valence-corrected chi connectivity index (χ3v) is 5.43. The maximum absolute atomic E-state index is 12.2. The molecule has 1 heterocycles. The van der Waals surface area contributed by atoms with E-state index in [4.69, 9.17) is 0 Å². The van der Waals surface area contributed by atoms with Crippen LogP contribution in [0.3, 0.4) is 0 Å². The molecule has 0 saturated carbocycles. The van der Waals surface area contributed by atoms with Crippen LogP contribution in [0.15, 0.2) is 59.6 Å². The summed E-state index contributed by atoms with van der Waals surface area (Å²) < 4.78 is 0. The lowest BCUT2D eigenvalue weighted by atomic mass is 10.0. The molecule has 1 aromatic heterocycles. The molecular weight excluding hydrogens is 366 g/mol. The summed E-state index contributed by atoms with van der Waals surface area (Å²) in [7, 11) is 0. The third kappa shape index (κ3) is 5.20. The fourth-order valence-corrected chi connectivity index (χ4v) is 3.54. The van der Waals surface area contributed by atoms with Gasteiger partial charge in [-0.25, -0.2) is 0 Å². The molecule has 2 aromatic carbocycles. The van der Waals surface area contributed by atoms with Gasteiger partial charge in [0.25, 0.3) is 0 Å². The summed E-state index contributed by atoms with van der Waals surface area (Å²) in [5, 5.41) is 12.2. The fourth-order valence-electron chi connectivity index (χ4n) is 2.93. The van der Waals surface area contributed by atoms with Gasteiger partial charge in [0.1, 0.15) is 5.03 Å². The molecule has 3 rings (SSSR count). The van der Waals surface area contributed by atoms with E-state index in [1.807, 2.05) is 36.4 Å². The number of thioether (sulfide) groups is 1. The molecule has 0 aliphatic rings. The van der Waals surface area contributed by atoms with Crippen LogP contribution in [0.4, 0.5) is 5.69 Å². The van der Waals surface area contributed by atoms with Crippen molar-refractivity contribution in [3.05, 3.63) is 71.3 Å². The Morgan fingerprint density at radius 3 is 2.36 bits per heavy atom. The third-order valence-electron chi connectivity index (χ3n) is 4.51. The molecule has 0 aliphatic carbocycles. The van der Waals surface area contributed by atoms with Crippen molar-refractivity contribution in [2.45, 2.75) is 38.6 Å². The molecule has 0 saturated heterocycles. The molecule has 5 heteroatoms. The Hall–Kier alpha value is -2.66. The van der Waals surface area contributed by atoms with Crippen molar-refractivity contribution in [2.75, 3.05) is 11.1 Å². The maximum Gasteiger partial charge on any atom is 0.234 e. The van der Waals surface area contributed by atoms with Crippen LogP contribution in [0, 0.1) is 13.8 Å². The number of aryl methyl sites for hydroxylation is 2. The van der Waals surface area contributed by atoms with Crippen molar-refractivity contribution >= 4 is 23.4 Å². The highest BCUT2D eigenvalue weighted by Gasteiger charge is 2.08. The topological polar surface area (TPSA) is 54.9 Å². The Bertz CT molecular complexity index is 951. The first-order valence-corrected chi connectivity index (χ1v) is 10.3. The monoisotopic (exact) mass is 391 g/mol. The molecule has 0 spiro atoms. The van der Waals surface area contributed by atoms with E-state index < -0.39 is 0 Å². The minimum Gasteiger partial charge on any atom is -0.325 e. The highest BCUT2D eigenvalue weighted by Crippen LogP contribution is 2.24. The number of hydrogen-bond acceptors (Lipinski definition) is 4. The predicted octanol–water partition coefficient (Wildman–Crippen LogP) is 5.61. The number of nitrogens with one attached hydrogen (secondary N) is 1. The number of hydrogen-bond donors (Lipinski definition) is 1. The van der Waals surface area contributed by atoms with E-state index in [9.17, 15) is 4.79 Å². The first kappa shape index (κ1) is 20.1. The SMILES string of the molecule is Cc1ccc(-c2ccc(SCC(=O)Nc3ccc(C(C)C)cc3)nn2)c(C)c1. The van der Waals surface area contributed by atoms with E-state index in [0.29, 0.717) is 11.7 Å². The van der Waals surface area contributed by atoms with Gasteiger partial charge in [-0.05, 0) is 55.2 Å². The van der Waals surface area contributed by atoms with Gasteiger partial charge in [-0.3, -0.25) is 4.79 Å². The molecule has 0 unspecified atom stereocenters. The predicted molar refractivity (Wildman–Crippen MR) is 117 cm³/mol. The second-order valence-corrected chi connectivity index (χ2v) is 8.18. The van der Waals surface area contributed by atoms with Crippen molar-refractivity contribution in [2.24, 2.45) is 0 Å². The van der Waals surface area contributed by atoms with Gasteiger partial charge in [0.05, 0.1) is 11.4 Å².